The molecule has 0 bridgehead atoms. The van der Waals surface area contributed by atoms with Crippen LogP contribution in [0, 0.1) is 0 Å². The molecule has 134 valence electrons. The molecule has 1 aromatic carbocycles. The summed E-state index contributed by atoms with van der Waals surface area (Å²) < 4.78 is 29.0. The Hall–Kier alpha value is 0.566. The van der Waals surface area contributed by atoms with Gasteiger partial charge in [-0.1, -0.05) is 70.6 Å². The van der Waals surface area contributed by atoms with Gasteiger partial charge in [0.1, 0.15) is 5.75 Å². The zero-order valence-corrected chi connectivity index (χ0v) is 19.4. The Balaban J connectivity index is 0. The van der Waals surface area contributed by atoms with Crippen LogP contribution in [0.4, 0.5) is 0 Å². The van der Waals surface area contributed by atoms with Crippen LogP contribution in [0.15, 0.2) is 24.3 Å². The van der Waals surface area contributed by atoms with Crippen LogP contribution in [0.2, 0.25) is 0 Å². The van der Waals surface area contributed by atoms with E-state index in [0.717, 1.165) is 12.0 Å². The Kier molecular flexibility index (Phi) is 19.0. The fourth-order valence-corrected chi connectivity index (χ4v) is 2.74. The number of unbranched alkanes of at least 4 members (excludes halogenated alkanes) is 6. The minimum atomic E-state index is -3.92. The van der Waals surface area contributed by atoms with Crippen LogP contribution in [-0.2, 0) is 16.5 Å². The summed E-state index contributed by atoms with van der Waals surface area (Å²) in [6, 6.07) is 7.67. The van der Waals surface area contributed by atoms with E-state index >= 15 is 0 Å². The fourth-order valence-electron chi connectivity index (χ4n) is 2.24. The van der Waals surface area contributed by atoms with Crippen molar-refractivity contribution in [3.63, 3.8) is 0 Å². The van der Waals surface area contributed by atoms with Crippen LogP contribution in [0.25, 0.3) is 0 Å². The average molecular weight is 383 g/mol. The first-order valence-corrected chi connectivity index (χ1v) is 10.2. The summed E-state index contributed by atoms with van der Waals surface area (Å²) in [5.41, 5.74) is 1.09. The van der Waals surface area contributed by atoms with Gasteiger partial charge in [-0.15, -0.1) is 0 Å². The Bertz CT molecular complexity index is 503. The molecule has 1 N–H and O–H groups in total. The molecular formula is C18H31KO4S. The number of phenols is 1. The topological polar surface area (TPSA) is 77.4 Å². The monoisotopic (exact) mass is 382 g/mol. The van der Waals surface area contributed by atoms with Gasteiger partial charge in [-0.2, -0.15) is 0 Å². The Morgan fingerprint density at radius 3 is 1.92 bits per heavy atom. The van der Waals surface area contributed by atoms with Crippen LogP contribution < -0.4 is 51.4 Å². The molecular weight excluding hydrogens is 351 g/mol. The molecule has 0 aliphatic rings. The number of rotatable bonds is 10. The zero-order chi connectivity index (χ0) is 17.6. The molecule has 1 rings (SSSR count). The molecule has 6 heteroatoms. The minimum Gasteiger partial charge on any atom is -0.748 e. The van der Waals surface area contributed by atoms with Gasteiger partial charge < -0.3 is 9.66 Å². The van der Waals surface area contributed by atoms with Crippen LogP contribution in [0.1, 0.15) is 70.8 Å². The number of phenolic OH excluding ortho intramolecular Hbond substituents is 1. The molecule has 0 saturated carbocycles. The van der Waals surface area contributed by atoms with Gasteiger partial charge in [0.25, 0.3) is 0 Å². The molecule has 0 amide bonds. The molecule has 0 heterocycles. The Morgan fingerprint density at radius 2 is 1.46 bits per heavy atom. The van der Waals surface area contributed by atoms with Gasteiger partial charge in [0.05, 0.1) is 10.1 Å². The van der Waals surface area contributed by atoms with Crippen LogP contribution in [0.3, 0.4) is 0 Å². The van der Waals surface area contributed by atoms with Crippen molar-refractivity contribution < 1.29 is 69.5 Å². The molecule has 1 aromatic rings. The third kappa shape index (κ3) is 17.4. The van der Waals surface area contributed by atoms with Gasteiger partial charge in [-0.25, -0.2) is 8.42 Å². The first-order chi connectivity index (χ1) is 10.9. The fraction of sp³-hybridized carbons (Fsp3) is 0.667. The summed E-state index contributed by atoms with van der Waals surface area (Å²) in [6.45, 7) is 3.90. The number of aromatic hydroxyl groups is 1. The van der Waals surface area contributed by atoms with Crippen LogP contribution >= 0.6 is 0 Å². The predicted octanol–water partition coefficient (Wildman–Crippen LogP) is 1.63. The van der Waals surface area contributed by atoms with Gasteiger partial charge in [-0.05, 0) is 30.9 Å². The van der Waals surface area contributed by atoms with Crippen molar-refractivity contribution in [3.05, 3.63) is 29.8 Å². The third-order valence-corrected chi connectivity index (χ3v) is 4.40. The van der Waals surface area contributed by atoms with Crippen molar-refractivity contribution in [1.82, 2.24) is 0 Å². The van der Waals surface area contributed by atoms with Gasteiger partial charge in [0.2, 0.25) is 0 Å². The van der Waals surface area contributed by atoms with Crippen molar-refractivity contribution in [2.75, 3.05) is 5.75 Å². The number of aryl methyl sites for hydroxylation is 1. The van der Waals surface area contributed by atoms with E-state index in [-0.39, 0.29) is 57.1 Å². The van der Waals surface area contributed by atoms with E-state index in [1.165, 1.54) is 44.9 Å². The number of benzene rings is 1. The molecule has 0 aliphatic carbocycles. The first-order valence-electron chi connectivity index (χ1n) is 8.61. The van der Waals surface area contributed by atoms with Crippen molar-refractivity contribution in [1.29, 1.82) is 0 Å². The van der Waals surface area contributed by atoms with Gasteiger partial charge in [0, 0.05) is 5.75 Å². The van der Waals surface area contributed by atoms with E-state index in [4.69, 9.17) is 0 Å². The molecule has 0 unspecified atom stereocenters. The van der Waals surface area contributed by atoms with E-state index in [1.54, 1.807) is 13.0 Å². The molecule has 0 aliphatic heterocycles. The van der Waals surface area contributed by atoms with E-state index < -0.39 is 10.1 Å². The third-order valence-electron chi connectivity index (χ3n) is 3.50. The summed E-state index contributed by atoms with van der Waals surface area (Å²) in [4.78, 5) is 0. The molecule has 4 nitrogen and oxygen atoms in total. The maximum absolute atomic E-state index is 9.68. The normalized spacial score (nSPS) is 10.5. The average Bonchev–Trinajstić information content (AvgIpc) is 2.47. The van der Waals surface area contributed by atoms with Crippen molar-refractivity contribution in [2.45, 2.75) is 71.6 Å². The largest absolute Gasteiger partial charge is 1.00 e. The SMILES string of the molecule is CCCCCCCCCc1ccccc1O.CCCS(=O)(=O)[O-].[K+]. The van der Waals surface area contributed by atoms with E-state index in [1.807, 2.05) is 18.2 Å². The van der Waals surface area contributed by atoms with Crippen molar-refractivity contribution >= 4 is 10.1 Å². The number of para-hydroxylation sites is 1. The van der Waals surface area contributed by atoms with Crippen molar-refractivity contribution in [3.8, 4) is 5.75 Å². The number of hydrogen-bond acceptors (Lipinski definition) is 4. The van der Waals surface area contributed by atoms with Gasteiger partial charge in [-0.3, -0.25) is 0 Å². The van der Waals surface area contributed by atoms with E-state index in [0.29, 0.717) is 12.2 Å². The summed E-state index contributed by atoms with van der Waals surface area (Å²) in [7, 11) is -3.92. The second-order valence-electron chi connectivity index (χ2n) is 5.76. The maximum Gasteiger partial charge on any atom is 1.00 e. The van der Waals surface area contributed by atoms with E-state index in [9.17, 15) is 18.1 Å². The zero-order valence-electron chi connectivity index (χ0n) is 15.5. The first kappa shape index (κ1) is 26.8. The van der Waals surface area contributed by atoms with Crippen LogP contribution in [0.5, 0.6) is 5.75 Å². The quantitative estimate of drug-likeness (QED) is 0.379. The molecule has 0 atom stereocenters. The summed E-state index contributed by atoms with van der Waals surface area (Å²) in [5.74, 6) is 0.209. The summed E-state index contributed by atoms with van der Waals surface area (Å²) in [6.07, 6.45) is 10.7. The second kappa shape index (κ2) is 17.0. The van der Waals surface area contributed by atoms with E-state index in [2.05, 4.69) is 6.92 Å². The maximum atomic E-state index is 9.68. The Labute approximate surface area is 190 Å². The summed E-state index contributed by atoms with van der Waals surface area (Å²) >= 11 is 0. The van der Waals surface area contributed by atoms with Crippen LogP contribution in [-0.4, -0.2) is 23.8 Å². The predicted molar refractivity (Wildman–Crippen MR) is 94.7 cm³/mol. The molecule has 24 heavy (non-hydrogen) atoms. The van der Waals surface area contributed by atoms with Gasteiger partial charge >= 0.3 is 51.4 Å². The smallest absolute Gasteiger partial charge is 0.748 e. The molecule has 0 radical (unpaired) electrons. The molecule has 0 aromatic heterocycles. The standard InChI is InChI=1S/C15H24O.C3H8O3S.K/c1-2-3-4-5-6-7-8-11-14-12-9-10-13-15(14)16;1-2-3-7(4,5)6;/h9-10,12-13,16H,2-8,11H2,1H3;2-3H2,1H3,(H,4,5,6);/q;;+1/p-1. The minimum absolute atomic E-state index is 0. The Morgan fingerprint density at radius 1 is 0.917 bits per heavy atom. The summed E-state index contributed by atoms with van der Waals surface area (Å²) in [5, 5.41) is 9.58. The molecule has 0 spiro atoms. The molecule has 0 fully saturated rings. The number of hydrogen-bond donors (Lipinski definition) is 1. The van der Waals surface area contributed by atoms with Crippen molar-refractivity contribution in [2.24, 2.45) is 0 Å². The van der Waals surface area contributed by atoms with Gasteiger partial charge in [0.15, 0.2) is 0 Å². The molecule has 0 saturated heterocycles. The second-order valence-corrected chi connectivity index (χ2v) is 7.29.